The van der Waals surface area contributed by atoms with Crippen LogP contribution in [0, 0.1) is 0 Å². The van der Waals surface area contributed by atoms with E-state index in [1.165, 1.54) is 30.5 Å². The molecule has 0 saturated heterocycles. The van der Waals surface area contributed by atoms with Crippen LogP contribution in [0.2, 0.25) is 5.02 Å². The molecule has 2 aromatic carbocycles. The third-order valence-electron chi connectivity index (χ3n) is 4.66. The number of nitrogens with one attached hydrogen (secondary N) is 1. The zero-order chi connectivity index (χ0) is 22.3. The maximum atomic E-state index is 13.3. The average Bonchev–Trinajstić information content (AvgIpc) is 2.76. The molecule has 0 radical (unpaired) electrons. The molecule has 1 unspecified atom stereocenters. The first-order valence-corrected chi connectivity index (χ1v) is 11.7. The van der Waals surface area contributed by atoms with Crippen molar-refractivity contribution in [3.05, 3.63) is 89.2 Å². The number of rotatable bonds is 9. The molecule has 0 aliphatic heterocycles. The van der Waals surface area contributed by atoms with Crippen LogP contribution in [0.4, 0.5) is 0 Å². The van der Waals surface area contributed by atoms with Crippen LogP contribution in [-0.4, -0.2) is 32.5 Å². The van der Waals surface area contributed by atoms with Crippen LogP contribution in [0.15, 0.2) is 78.0 Å². The Morgan fingerprint density at radius 2 is 1.81 bits per heavy atom. The SMILES string of the molecule is CCOc1ccc(CC(=O)NCC(c2cccnc2)S(=O)(=O)c2ccc(Cl)cc2)cc1. The van der Waals surface area contributed by atoms with Gasteiger partial charge in [0, 0.05) is 24.0 Å². The van der Waals surface area contributed by atoms with E-state index in [9.17, 15) is 13.2 Å². The lowest BCUT2D eigenvalue weighted by atomic mass is 10.1. The first-order chi connectivity index (χ1) is 14.9. The molecular formula is C23H23ClN2O4S. The fourth-order valence-electron chi connectivity index (χ4n) is 3.09. The molecular weight excluding hydrogens is 436 g/mol. The van der Waals surface area contributed by atoms with Gasteiger partial charge in [-0.05, 0) is 60.5 Å². The summed E-state index contributed by atoms with van der Waals surface area (Å²) in [6, 6.07) is 16.6. The summed E-state index contributed by atoms with van der Waals surface area (Å²) in [7, 11) is -3.78. The molecule has 0 aliphatic carbocycles. The second-order valence-corrected chi connectivity index (χ2v) is 9.40. The van der Waals surface area contributed by atoms with Gasteiger partial charge in [0.25, 0.3) is 0 Å². The van der Waals surface area contributed by atoms with E-state index < -0.39 is 15.1 Å². The summed E-state index contributed by atoms with van der Waals surface area (Å²) in [4.78, 5) is 16.7. The lowest BCUT2D eigenvalue weighted by molar-refractivity contribution is -0.120. The Labute approximate surface area is 187 Å². The number of pyridine rings is 1. The monoisotopic (exact) mass is 458 g/mol. The molecule has 162 valence electrons. The van der Waals surface area contributed by atoms with E-state index in [-0.39, 0.29) is 23.8 Å². The fraction of sp³-hybridized carbons (Fsp3) is 0.217. The molecule has 0 fully saturated rings. The average molecular weight is 459 g/mol. The van der Waals surface area contributed by atoms with Crippen molar-refractivity contribution in [3.8, 4) is 5.75 Å². The van der Waals surface area contributed by atoms with Crippen molar-refractivity contribution in [3.63, 3.8) is 0 Å². The minimum atomic E-state index is -3.78. The molecule has 3 rings (SSSR count). The first-order valence-electron chi connectivity index (χ1n) is 9.78. The van der Waals surface area contributed by atoms with Gasteiger partial charge in [-0.15, -0.1) is 0 Å². The van der Waals surface area contributed by atoms with E-state index in [0.29, 0.717) is 17.2 Å². The molecule has 1 N–H and O–H groups in total. The van der Waals surface area contributed by atoms with Gasteiger partial charge in [-0.25, -0.2) is 8.42 Å². The van der Waals surface area contributed by atoms with Crippen molar-refractivity contribution in [2.45, 2.75) is 23.5 Å². The van der Waals surface area contributed by atoms with Crippen molar-refractivity contribution in [2.75, 3.05) is 13.2 Å². The zero-order valence-electron chi connectivity index (χ0n) is 17.0. The van der Waals surface area contributed by atoms with E-state index in [0.717, 1.165) is 11.3 Å². The van der Waals surface area contributed by atoms with Gasteiger partial charge in [0.15, 0.2) is 9.84 Å². The molecule has 0 spiro atoms. The smallest absolute Gasteiger partial charge is 0.224 e. The van der Waals surface area contributed by atoms with Gasteiger partial charge < -0.3 is 10.1 Å². The molecule has 1 aromatic heterocycles. The number of ether oxygens (including phenoxy) is 1. The van der Waals surface area contributed by atoms with Crippen molar-refractivity contribution >= 4 is 27.3 Å². The summed E-state index contributed by atoms with van der Waals surface area (Å²) in [5.41, 5.74) is 1.30. The lowest BCUT2D eigenvalue weighted by Gasteiger charge is -2.19. The van der Waals surface area contributed by atoms with Gasteiger partial charge in [0.2, 0.25) is 5.91 Å². The summed E-state index contributed by atoms with van der Waals surface area (Å²) < 4.78 is 32.0. The molecule has 1 amide bonds. The molecule has 31 heavy (non-hydrogen) atoms. The third-order valence-corrected chi connectivity index (χ3v) is 7.03. The quantitative estimate of drug-likeness (QED) is 0.523. The van der Waals surface area contributed by atoms with E-state index in [2.05, 4.69) is 10.3 Å². The van der Waals surface area contributed by atoms with Crippen LogP contribution in [0.1, 0.15) is 23.3 Å². The molecule has 1 heterocycles. The predicted octanol–water partition coefficient (Wildman–Crippen LogP) is 4.01. The number of hydrogen-bond donors (Lipinski definition) is 1. The largest absolute Gasteiger partial charge is 0.494 e. The van der Waals surface area contributed by atoms with Gasteiger partial charge in [-0.2, -0.15) is 0 Å². The van der Waals surface area contributed by atoms with Gasteiger partial charge in [-0.3, -0.25) is 9.78 Å². The van der Waals surface area contributed by atoms with Gasteiger partial charge in [0.1, 0.15) is 11.0 Å². The minimum absolute atomic E-state index is 0.0769. The molecule has 6 nitrogen and oxygen atoms in total. The number of carbonyl (C=O) groups excluding carboxylic acids is 1. The summed E-state index contributed by atoms with van der Waals surface area (Å²) >= 11 is 5.90. The van der Waals surface area contributed by atoms with Crippen LogP contribution in [0.5, 0.6) is 5.75 Å². The van der Waals surface area contributed by atoms with Crippen molar-refractivity contribution in [1.82, 2.24) is 10.3 Å². The van der Waals surface area contributed by atoms with Crippen LogP contribution in [0.25, 0.3) is 0 Å². The van der Waals surface area contributed by atoms with Gasteiger partial charge in [0.05, 0.1) is 17.9 Å². The summed E-state index contributed by atoms with van der Waals surface area (Å²) in [5, 5.41) is 2.22. The van der Waals surface area contributed by atoms with Crippen molar-refractivity contribution in [2.24, 2.45) is 0 Å². The topological polar surface area (TPSA) is 85.4 Å². The number of amides is 1. The molecule has 3 aromatic rings. The summed E-state index contributed by atoms with van der Waals surface area (Å²) in [6.07, 6.45) is 3.20. The van der Waals surface area contributed by atoms with E-state index >= 15 is 0 Å². The van der Waals surface area contributed by atoms with Gasteiger partial charge >= 0.3 is 0 Å². The van der Waals surface area contributed by atoms with Crippen molar-refractivity contribution < 1.29 is 17.9 Å². The molecule has 1 atom stereocenters. The maximum Gasteiger partial charge on any atom is 0.224 e. The second-order valence-electron chi connectivity index (χ2n) is 6.83. The van der Waals surface area contributed by atoms with E-state index in [1.807, 2.05) is 19.1 Å². The Morgan fingerprint density at radius 1 is 1.10 bits per heavy atom. The highest BCUT2D eigenvalue weighted by Crippen LogP contribution is 2.29. The highest BCUT2D eigenvalue weighted by Gasteiger charge is 2.29. The van der Waals surface area contributed by atoms with E-state index in [1.54, 1.807) is 30.5 Å². The fourth-order valence-corrected chi connectivity index (χ4v) is 4.86. The third kappa shape index (κ3) is 6.06. The zero-order valence-corrected chi connectivity index (χ0v) is 18.6. The minimum Gasteiger partial charge on any atom is -0.494 e. The standard InChI is InChI=1S/C23H23ClN2O4S/c1-2-30-20-9-5-17(6-10-20)14-23(27)26-16-22(18-4-3-13-25-15-18)31(28,29)21-11-7-19(24)8-12-21/h3-13,15,22H,2,14,16H2,1H3,(H,26,27). The Kier molecular flexibility index (Phi) is 7.65. The highest BCUT2D eigenvalue weighted by atomic mass is 35.5. The molecule has 0 bridgehead atoms. The number of sulfone groups is 1. The maximum absolute atomic E-state index is 13.3. The Hall–Kier alpha value is -2.90. The highest BCUT2D eigenvalue weighted by molar-refractivity contribution is 7.91. The predicted molar refractivity (Wildman–Crippen MR) is 120 cm³/mol. The lowest BCUT2D eigenvalue weighted by Crippen LogP contribution is -2.33. The van der Waals surface area contributed by atoms with Crippen molar-refractivity contribution in [1.29, 1.82) is 0 Å². The number of benzene rings is 2. The Morgan fingerprint density at radius 3 is 2.42 bits per heavy atom. The van der Waals surface area contributed by atoms with Crippen LogP contribution < -0.4 is 10.1 Å². The number of nitrogens with zero attached hydrogens (tertiary/aromatic N) is 1. The van der Waals surface area contributed by atoms with E-state index in [4.69, 9.17) is 16.3 Å². The molecule has 0 aliphatic rings. The normalized spacial score (nSPS) is 12.2. The Bertz CT molecular complexity index is 1100. The second kappa shape index (κ2) is 10.4. The number of carbonyl (C=O) groups is 1. The molecule has 0 saturated carbocycles. The van der Waals surface area contributed by atoms with Crippen LogP contribution in [-0.2, 0) is 21.1 Å². The molecule has 8 heteroatoms. The summed E-state index contributed by atoms with van der Waals surface area (Å²) in [6.45, 7) is 2.39. The number of aromatic nitrogens is 1. The number of hydrogen-bond acceptors (Lipinski definition) is 5. The van der Waals surface area contributed by atoms with Gasteiger partial charge in [-0.1, -0.05) is 29.8 Å². The van der Waals surface area contributed by atoms with Crippen LogP contribution in [0.3, 0.4) is 0 Å². The Balaban J connectivity index is 1.75. The number of halogens is 1. The van der Waals surface area contributed by atoms with Crippen LogP contribution >= 0.6 is 11.6 Å². The summed E-state index contributed by atoms with van der Waals surface area (Å²) in [5.74, 6) is 0.460. The first kappa shape index (κ1) is 22.8.